The molecule has 1 unspecified atom stereocenters. The van der Waals surface area contributed by atoms with E-state index in [4.69, 9.17) is 5.73 Å². The number of hydrogen-bond donors (Lipinski definition) is 3. The number of carbonyl (C=O) groups excluding carboxylic acids is 1. The average Bonchev–Trinajstić information content (AvgIpc) is 2.75. The van der Waals surface area contributed by atoms with Gasteiger partial charge in [-0.25, -0.2) is 0 Å². The van der Waals surface area contributed by atoms with Crippen molar-refractivity contribution in [2.45, 2.75) is 6.92 Å². The summed E-state index contributed by atoms with van der Waals surface area (Å²) in [6, 6.07) is 5.60. The molecule has 0 spiro atoms. The van der Waals surface area contributed by atoms with Crippen molar-refractivity contribution < 1.29 is 4.79 Å². The number of H-pyrrole nitrogens is 1. The molecule has 1 amide bonds. The summed E-state index contributed by atoms with van der Waals surface area (Å²) in [4.78, 5) is 11.6. The van der Waals surface area contributed by atoms with E-state index in [1.807, 2.05) is 18.2 Å². The molecule has 1 atom stereocenters. The molecule has 1 heterocycles. The number of aromatic amines is 1. The predicted molar refractivity (Wildman–Crippen MR) is 70.2 cm³/mol. The number of nitrogens with one attached hydrogen (secondary N) is 2. The molecule has 0 fully saturated rings. The highest BCUT2D eigenvalue weighted by molar-refractivity contribution is 5.94. The second-order valence-electron chi connectivity index (χ2n) is 3.80. The Hall–Kier alpha value is -1.59. The van der Waals surface area contributed by atoms with Crippen molar-refractivity contribution in [2.75, 3.05) is 11.9 Å². The van der Waals surface area contributed by atoms with E-state index in [1.54, 1.807) is 13.1 Å². The van der Waals surface area contributed by atoms with Gasteiger partial charge in [-0.2, -0.15) is 5.10 Å². The van der Waals surface area contributed by atoms with Gasteiger partial charge in [-0.05, 0) is 18.2 Å². The first-order valence-corrected chi connectivity index (χ1v) is 5.15. The number of fused-ring (bicyclic) bond motifs is 1. The van der Waals surface area contributed by atoms with E-state index in [2.05, 4.69) is 15.5 Å². The first kappa shape index (κ1) is 13.5. The van der Waals surface area contributed by atoms with E-state index in [0.717, 1.165) is 16.6 Å². The lowest BCUT2D eigenvalue weighted by Gasteiger charge is -2.09. The number of aromatic nitrogens is 2. The highest BCUT2D eigenvalue weighted by Crippen LogP contribution is 2.16. The summed E-state index contributed by atoms with van der Waals surface area (Å²) in [6.45, 7) is 2.14. The number of anilines is 1. The summed E-state index contributed by atoms with van der Waals surface area (Å²) >= 11 is 0. The van der Waals surface area contributed by atoms with Crippen LogP contribution in [0.5, 0.6) is 0 Å². The van der Waals surface area contributed by atoms with Crippen LogP contribution in [0.25, 0.3) is 10.9 Å². The van der Waals surface area contributed by atoms with Crippen molar-refractivity contribution in [2.24, 2.45) is 11.7 Å². The van der Waals surface area contributed by atoms with Crippen LogP contribution < -0.4 is 11.1 Å². The lowest BCUT2D eigenvalue weighted by atomic mass is 10.1. The van der Waals surface area contributed by atoms with Gasteiger partial charge in [0.1, 0.15) is 0 Å². The number of halogens is 1. The molecule has 1 aromatic carbocycles. The Bertz CT molecular complexity index is 511. The molecule has 0 aliphatic heterocycles. The molecule has 0 saturated heterocycles. The zero-order valence-corrected chi connectivity index (χ0v) is 10.3. The summed E-state index contributed by atoms with van der Waals surface area (Å²) in [5, 5.41) is 10.6. The van der Waals surface area contributed by atoms with Crippen molar-refractivity contribution in [1.82, 2.24) is 10.2 Å². The van der Waals surface area contributed by atoms with Gasteiger partial charge in [-0.3, -0.25) is 9.89 Å². The van der Waals surface area contributed by atoms with Crippen molar-refractivity contribution in [3.63, 3.8) is 0 Å². The number of benzene rings is 1. The number of nitrogens with two attached hydrogens (primary N) is 1. The number of nitrogens with zero attached hydrogens (tertiary/aromatic N) is 1. The predicted octanol–water partition coefficient (Wildman–Crippen LogP) is 1.52. The minimum absolute atomic E-state index is 0. The van der Waals surface area contributed by atoms with Gasteiger partial charge in [0.2, 0.25) is 5.91 Å². The fourth-order valence-electron chi connectivity index (χ4n) is 1.39. The Labute approximate surface area is 105 Å². The molecule has 2 aromatic rings. The second kappa shape index (κ2) is 5.65. The number of hydrogen-bond acceptors (Lipinski definition) is 3. The van der Waals surface area contributed by atoms with Crippen molar-refractivity contribution in [3.8, 4) is 0 Å². The maximum Gasteiger partial charge on any atom is 0.228 e. The van der Waals surface area contributed by atoms with Gasteiger partial charge in [0, 0.05) is 23.5 Å². The Morgan fingerprint density at radius 3 is 3.06 bits per heavy atom. The van der Waals surface area contributed by atoms with E-state index in [9.17, 15) is 4.79 Å². The van der Waals surface area contributed by atoms with E-state index >= 15 is 0 Å². The third-order valence-electron chi connectivity index (χ3n) is 2.51. The molecule has 0 radical (unpaired) electrons. The molecule has 0 aliphatic rings. The van der Waals surface area contributed by atoms with E-state index in [1.165, 1.54) is 0 Å². The van der Waals surface area contributed by atoms with Crippen LogP contribution in [-0.4, -0.2) is 22.6 Å². The van der Waals surface area contributed by atoms with Gasteiger partial charge < -0.3 is 11.1 Å². The lowest BCUT2D eigenvalue weighted by molar-refractivity contribution is -0.119. The Balaban J connectivity index is 0.00000144. The first-order valence-electron chi connectivity index (χ1n) is 5.15. The van der Waals surface area contributed by atoms with E-state index < -0.39 is 0 Å². The maximum atomic E-state index is 11.6. The van der Waals surface area contributed by atoms with Crippen LogP contribution in [0.3, 0.4) is 0 Å². The summed E-state index contributed by atoms with van der Waals surface area (Å²) in [5.41, 5.74) is 7.08. The minimum Gasteiger partial charge on any atom is -0.330 e. The summed E-state index contributed by atoms with van der Waals surface area (Å²) in [5.74, 6) is -0.251. The minimum atomic E-state index is -0.183. The largest absolute Gasteiger partial charge is 0.330 e. The fraction of sp³-hybridized carbons (Fsp3) is 0.273. The first-order chi connectivity index (χ1) is 7.70. The van der Waals surface area contributed by atoms with Crippen LogP contribution in [0, 0.1) is 5.92 Å². The zero-order chi connectivity index (χ0) is 11.5. The Kier molecular flexibility index (Phi) is 4.48. The van der Waals surface area contributed by atoms with Crippen molar-refractivity contribution in [1.29, 1.82) is 0 Å². The van der Waals surface area contributed by atoms with Crippen molar-refractivity contribution >= 4 is 34.9 Å². The van der Waals surface area contributed by atoms with Gasteiger partial charge in [0.25, 0.3) is 0 Å². The third kappa shape index (κ3) is 2.95. The van der Waals surface area contributed by atoms with Crippen LogP contribution >= 0.6 is 12.4 Å². The summed E-state index contributed by atoms with van der Waals surface area (Å²) in [6.07, 6.45) is 1.74. The van der Waals surface area contributed by atoms with Gasteiger partial charge in [0.15, 0.2) is 0 Å². The maximum absolute atomic E-state index is 11.6. The smallest absolute Gasteiger partial charge is 0.228 e. The van der Waals surface area contributed by atoms with Gasteiger partial charge >= 0.3 is 0 Å². The topological polar surface area (TPSA) is 83.8 Å². The van der Waals surface area contributed by atoms with Gasteiger partial charge in [0.05, 0.1) is 11.7 Å². The molecule has 2 rings (SSSR count). The molecular weight excluding hydrogens is 240 g/mol. The molecule has 0 aliphatic carbocycles. The molecular formula is C11H15ClN4O. The molecule has 0 saturated carbocycles. The van der Waals surface area contributed by atoms with E-state index in [0.29, 0.717) is 6.54 Å². The third-order valence-corrected chi connectivity index (χ3v) is 2.51. The standard InChI is InChI=1S/C11H14N4O.ClH/c1-7(5-12)11(16)14-9-3-2-8-6-13-15-10(8)4-9;/h2-4,6-7H,5,12H2,1H3,(H,13,15)(H,14,16);1H. The molecule has 92 valence electrons. The number of rotatable bonds is 3. The summed E-state index contributed by atoms with van der Waals surface area (Å²) < 4.78 is 0. The second-order valence-corrected chi connectivity index (χ2v) is 3.80. The molecule has 4 N–H and O–H groups in total. The quantitative estimate of drug-likeness (QED) is 0.776. The molecule has 1 aromatic heterocycles. The molecule has 0 bridgehead atoms. The van der Waals surface area contributed by atoms with Crippen molar-refractivity contribution in [3.05, 3.63) is 24.4 Å². The van der Waals surface area contributed by atoms with Gasteiger partial charge in [-0.15, -0.1) is 12.4 Å². The van der Waals surface area contributed by atoms with Crippen LogP contribution in [0.2, 0.25) is 0 Å². The van der Waals surface area contributed by atoms with Gasteiger partial charge in [-0.1, -0.05) is 6.92 Å². The van der Waals surface area contributed by atoms with Crippen LogP contribution in [-0.2, 0) is 4.79 Å². The van der Waals surface area contributed by atoms with Crippen LogP contribution in [0.15, 0.2) is 24.4 Å². The fourth-order valence-corrected chi connectivity index (χ4v) is 1.39. The highest BCUT2D eigenvalue weighted by Gasteiger charge is 2.10. The average molecular weight is 255 g/mol. The number of carbonyl (C=O) groups is 1. The molecule has 17 heavy (non-hydrogen) atoms. The zero-order valence-electron chi connectivity index (χ0n) is 9.43. The molecule has 5 nitrogen and oxygen atoms in total. The highest BCUT2D eigenvalue weighted by atomic mass is 35.5. The van der Waals surface area contributed by atoms with Crippen LogP contribution in [0.1, 0.15) is 6.92 Å². The molecule has 6 heteroatoms. The SMILES string of the molecule is CC(CN)C(=O)Nc1ccc2cn[nH]c2c1.Cl. The van der Waals surface area contributed by atoms with E-state index in [-0.39, 0.29) is 24.2 Å². The normalized spacial score (nSPS) is 11.9. The number of amides is 1. The van der Waals surface area contributed by atoms with Crippen LogP contribution in [0.4, 0.5) is 5.69 Å². The lowest BCUT2D eigenvalue weighted by Crippen LogP contribution is -2.26. The Morgan fingerprint density at radius 1 is 1.59 bits per heavy atom. The Morgan fingerprint density at radius 2 is 2.35 bits per heavy atom. The monoisotopic (exact) mass is 254 g/mol. The summed E-state index contributed by atoms with van der Waals surface area (Å²) in [7, 11) is 0.